The lowest BCUT2D eigenvalue weighted by Gasteiger charge is -2.45. The zero-order valence-corrected chi connectivity index (χ0v) is 17.8. The van der Waals surface area contributed by atoms with Crippen LogP contribution < -0.4 is 16.2 Å². The number of nitrogen functional groups attached to an aromatic ring is 1. The van der Waals surface area contributed by atoms with Crippen LogP contribution in [0.25, 0.3) is 11.3 Å². The molecule has 0 bridgehead atoms. The molecule has 2 aliphatic rings. The Labute approximate surface area is 187 Å². The van der Waals surface area contributed by atoms with Gasteiger partial charge in [0, 0.05) is 18.7 Å². The molecule has 2 heterocycles. The van der Waals surface area contributed by atoms with Gasteiger partial charge in [0.05, 0.1) is 6.04 Å². The van der Waals surface area contributed by atoms with Gasteiger partial charge in [-0.2, -0.15) is 5.10 Å². The largest absolute Gasteiger partial charge is 0.573 e. The molecule has 1 saturated heterocycles. The zero-order chi connectivity index (χ0) is 24.0. The molecule has 2 aromatic rings. The molecule has 1 spiro atoms. The summed E-state index contributed by atoms with van der Waals surface area (Å²) in [5, 5.41) is 4.49. The van der Waals surface area contributed by atoms with Gasteiger partial charge >= 0.3 is 6.36 Å². The van der Waals surface area contributed by atoms with Gasteiger partial charge in [-0.05, 0) is 61.8 Å². The molecule has 0 radical (unpaired) electrons. The van der Waals surface area contributed by atoms with E-state index in [2.05, 4.69) is 21.7 Å². The van der Waals surface area contributed by atoms with E-state index in [0.717, 1.165) is 31.4 Å². The summed E-state index contributed by atoms with van der Waals surface area (Å²) in [5.74, 6) is 3.92. The number of halogens is 3. The molecule has 174 valence electrons. The number of nitrogens with two attached hydrogens (primary N) is 2. The first kappa shape index (κ1) is 22.5. The van der Waals surface area contributed by atoms with Crippen LogP contribution in [0.5, 0.6) is 5.75 Å². The Hall–Kier alpha value is -3.68. The molecule has 2 amide bonds. The zero-order valence-electron chi connectivity index (χ0n) is 17.8. The molecule has 8 nitrogen and oxygen atoms in total. The standard InChI is InChI=1S/C22H22F3N5O3/c1-2-3-16(31)29-9-8-21(12-29)10-14(11-21)30-19(26)17(20(27)32)18(28-30)13-4-6-15(7-5-13)33-22(23,24)25/h4-7,14H,8-12,26H2,1H3,(H2,27,32). The number of hydrogen-bond donors (Lipinski definition) is 2. The number of carbonyl (C=O) groups is 2. The van der Waals surface area contributed by atoms with Crippen LogP contribution >= 0.6 is 0 Å². The maximum atomic E-state index is 12.4. The molecular weight excluding hydrogens is 439 g/mol. The third-order valence-electron chi connectivity index (χ3n) is 6.20. The Morgan fingerprint density at radius 2 is 1.91 bits per heavy atom. The number of nitrogens with zero attached hydrogens (tertiary/aromatic N) is 3. The lowest BCUT2D eigenvalue weighted by molar-refractivity contribution is -0.274. The third-order valence-corrected chi connectivity index (χ3v) is 6.20. The van der Waals surface area contributed by atoms with Crippen LogP contribution in [0.1, 0.15) is 42.6 Å². The average molecular weight is 461 g/mol. The number of hydrogen-bond acceptors (Lipinski definition) is 5. The van der Waals surface area contributed by atoms with Gasteiger partial charge < -0.3 is 21.1 Å². The predicted octanol–water partition coefficient (Wildman–Crippen LogP) is 2.71. The average Bonchev–Trinajstić information content (AvgIpc) is 3.28. The summed E-state index contributed by atoms with van der Waals surface area (Å²) >= 11 is 0. The monoisotopic (exact) mass is 461 g/mol. The second-order valence-electron chi connectivity index (χ2n) is 8.40. The summed E-state index contributed by atoms with van der Waals surface area (Å²) in [7, 11) is 0. The Bertz CT molecular complexity index is 1150. The molecule has 0 unspecified atom stereocenters. The summed E-state index contributed by atoms with van der Waals surface area (Å²) in [6, 6.07) is 4.89. The summed E-state index contributed by atoms with van der Waals surface area (Å²) in [4.78, 5) is 25.9. The van der Waals surface area contributed by atoms with Crippen molar-refractivity contribution in [3.05, 3.63) is 29.8 Å². The highest BCUT2D eigenvalue weighted by Gasteiger charge is 2.51. The second kappa shape index (κ2) is 8.03. The number of aromatic nitrogens is 2. The Morgan fingerprint density at radius 1 is 1.24 bits per heavy atom. The lowest BCUT2D eigenvalue weighted by Crippen LogP contribution is -2.42. The summed E-state index contributed by atoms with van der Waals surface area (Å²) in [6.07, 6.45) is -2.52. The molecule has 2 fully saturated rings. The highest BCUT2D eigenvalue weighted by molar-refractivity contribution is 6.03. The maximum absolute atomic E-state index is 12.4. The van der Waals surface area contributed by atoms with Gasteiger partial charge in [0.15, 0.2) is 0 Å². The summed E-state index contributed by atoms with van der Waals surface area (Å²) < 4.78 is 42.7. The summed E-state index contributed by atoms with van der Waals surface area (Å²) in [6.45, 7) is 2.86. The fourth-order valence-corrected chi connectivity index (χ4v) is 4.73. The number of rotatable bonds is 4. The molecule has 4 rings (SSSR count). The number of primary amides is 1. The van der Waals surface area contributed by atoms with Crippen molar-refractivity contribution in [3.8, 4) is 28.8 Å². The highest BCUT2D eigenvalue weighted by atomic mass is 19.4. The fraction of sp³-hybridized carbons (Fsp3) is 0.409. The van der Waals surface area contributed by atoms with Crippen molar-refractivity contribution in [2.24, 2.45) is 11.1 Å². The van der Waals surface area contributed by atoms with Crippen molar-refractivity contribution < 1.29 is 27.5 Å². The number of likely N-dealkylation sites (tertiary alicyclic amines) is 1. The first-order chi connectivity index (χ1) is 15.5. The van der Waals surface area contributed by atoms with Gasteiger partial charge in [0.2, 0.25) is 0 Å². The van der Waals surface area contributed by atoms with Crippen LogP contribution in [0.2, 0.25) is 0 Å². The van der Waals surface area contributed by atoms with Crippen LogP contribution in [0, 0.1) is 17.3 Å². The molecular formula is C22H22F3N5O3. The molecule has 4 N–H and O–H groups in total. The Morgan fingerprint density at radius 3 is 2.48 bits per heavy atom. The number of alkyl halides is 3. The molecule has 1 aromatic carbocycles. The van der Waals surface area contributed by atoms with E-state index in [0.29, 0.717) is 18.7 Å². The van der Waals surface area contributed by atoms with E-state index in [1.54, 1.807) is 16.5 Å². The Kier molecular flexibility index (Phi) is 5.47. The van der Waals surface area contributed by atoms with Gasteiger partial charge in [-0.3, -0.25) is 9.59 Å². The number of anilines is 1. The van der Waals surface area contributed by atoms with E-state index in [1.165, 1.54) is 12.1 Å². The quantitative estimate of drug-likeness (QED) is 0.679. The SMILES string of the molecule is CC#CC(=O)N1CCC2(CC(n3nc(-c4ccc(OC(F)(F)F)cc4)c(C(N)=O)c3N)C2)C1. The van der Waals surface area contributed by atoms with Crippen molar-refractivity contribution in [2.45, 2.75) is 38.6 Å². The van der Waals surface area contributed by atoms with E-state index in [4.69, 9.17) is 11.5 Å². The molecule has 1 aliphatic heterocycles. The highest BCUT2D eigenvalue weighted by Crippen LogP contribution is 2.54. The van der Waals surface area contributed by atoms with Crippen molar-refractivity contribution >= 4 is 17.6 Å². The fourth-order valence-electron chi connectivity index (χ4n) is 4.73. The Balaban J connectivity index is 1.55. The topological polar surface area (TPSA) is 116 Å². The smallest absolute Gasteiger partial charge is 0.406 e. The van der Waals surface area contributed by atoms with Crippen molar-refractivity contribution in [3.63, 3.8) is 0 Å². The van der Waals surface area contributed by atoms with Gasteiger partial charge in [0.1, 0.15) is 22.8 Å². The van der Waals surface area contributed by atoms with Crippen LogP contribution in [-0.2, 0) is 4.79 Å². The van der Waals surface area contributed by atoms with Crippen LogP contribution in [0.15, 0.2) is 24.3 Å². The number of amides is 2. The number of carbonyl (C=O) groups excluding carboxylic acids is 2. The van der Waals surface area contributed by atoms with Crippen LogP contribution in [0.4, 0.5) is 19.0 Å². The van der Waals surface area contributed by atoms with E-state index in [9.17, 15) is 22.8 Å². The first-order valence-electron chi connectivity index (χ1n) is 10.3. The van der Waals surface area contributed by atoms with E-state index >= 15 is 0 Å². The molecule has 1 saturated carbocycles. The maximum Gasteiger partial charge on any atom is 0.573 e. The molecule has 1 aromatic heterocycles. The first-order valence-corrected chi connectivity index (χ1v) is 10.3. The minimum Gasteiger partial charge on any atom is -0.406 e. The third kappa shape index (κ3) is 4.33. The van der Waals surface area contributed by atoms with Crippen molar-refractivity contribution in [1.29, 1.82) is 0 Å². The predicted molar refractivity (Wildman–Crippen MR) is 113 cm³/mol. The normalized spacial score (nSPS) is 21.9. The van der Waals surface area contributed by atoms with Gasteiger partial charge in [-0.15, -0.1) is 13.2 Å². The lowest BCUT2D eigenvalue weighted by atomic mass is 9.65. The van der Waals surface area contributed by atoms with E-state index in [-0.39, 0.29) is 34.4 Å². The minimum absolute atomic E-state index is 0.0156. The number of benzene rings is 1. The molecule has 1 aliphatic carbocycles. The van der Waals surface area contributed by atoms with Gasteiger partial charge in [-0.1, -0.05) is 5.92 Å². The number of ether oxygens (including phenoxy) is 1. The van der Waals surface area contributed by atoms with Crippen LogP contribution in [-0.4, -0.2) is 45.9 Å². The summed E-state index contributed by atoms with van der Waals surface area (Å²) in [5.41, 5.74) is 12.3. The van der Waals surface area contributed by atoms with Crippen molar-refractivity contribution in [1.82, 2.24) is 14.7 Å². The van der Waals surface area contributed by atoms with Gasteiger partial charge in [-0.25, -0.2) is 4.68 Å². The molecule has 33 heavy (non-hydrogen) atoms. The molecule has 0 atom stereocenters. The van der Waals surface area contributed by atoms with E-state index in [1.807, 2.05) is 0 Å². The van der Waals surface area contributed by atoms with Gasteiger partial charge in [0.25, 0.3) is 11.8 Å². The minimum atomic E-state index is -4.81. The van der Waals surface area contributed by atoms with Crippen LogP contribution in [0.3, 0.4) is 0 Å². The second-order valence-corrected chi connectivity index (χ2v) is 8.40. The molecule has 11 heteroatoms. The van der Waals surface area contributed by atoms with E-state index < -0.39 is 18.0 Å². The van der Waals surface area contributed by atoms with Crippen molar-refractivity contribution in [2.75, 3.05) is 18.8 Å².